The van der Waals surface area contributed by atoms with Gasteiger partial charge in [0, 0.05) is 22.2 Å². The molecule has 1 saturated heterocycles. The van der Waals surface area contributed by atoms with E-state index >= 15 is 0 Å². The molecule has 2 heterocycles. The molecule has 3 aromatic rings. The zero-order valence-corrected chi connectivity index (χ0v) is 14.3. The summed E-state index contributed by atoms with van der Waals surface area (Å²) < 4.78 is 35.7. The van der Waals surface area contributed by atoms with Crippen LogP contribution in [0.3, 0.4) is 0 Å². The van der Waals surface area contributed by atoms with E-state index in [1.54, 1.807) is 12.1 Å². The predicted octanol–water partition coefficient (Wildman–Crippen LogP) is 4.54. The molecular formula is C17H12ClF2N3OS. The average Bonchev–Trinajstić information content (AvgIpc) is 3.14. The third-order valence-corrected chi connectivity index (χ3v) is 4.95. The van der Waals surface area contributed by atoms with Gasteiger partial charge in [0.2, 0.25) is 0 Å². The molecule has 128 valence electrons. The molecule has 0 bridgehead atoms. The maximum Gasteiger partial charge on any atom is 0.195 e. The third-order valence-electron chi connectivity index (χ3n) is 4.27. The number of rotatable bonds is 4. The number of ether oxygens (including phenoxy) is 1. The van der Waals surface area contributed by atoms with Crippen LogP contribution in [0.5, 0.6) is 0 Å². The molecule has 0 saturated carbocycles. The van der Waals surface area contributed by atoms with Crippen LogP contribution in [0.15, 0.2) is 48.8 Å². The Morgan fingerprint density at radius 3 is 2.76 bits per heavy atom. The fraction of sp³-hybridized carbons (Fsp3) is 0.176. The zero-order valence-electron chi connectivity index (χ0n) is 12.7. The SMILES string of the molecule is Fc1ccc([C@@]2(Cn3nc[nH]c3=S)O[C@H]2c2ccccc2Cl)c(F)c1. The van der Waals surface area contributed by atoms with Crippen molar-refractivity contribution in [1.29, 1.82) is 0 Å². The molecular weight excluding hydrogens is 368 g/mol. The minimum absolute atomic E-state index is 0.174. The lowest BCUT2D eigenvalue weighted by Crippen LogP contribution is -2.21. The van der Waals surface area contributed by atoms with Crippen molar-refractivity contribution in [3.8, 4) is 0 Å². The summed E-state index contributed by atoms with van der Waals surface area (Å²) in [6, 6.07) is 10.6. The predicted molar refractivity (Wildman–Crippen MR) is 90.7 cm³/mol. The fourth-order valence-electron chi connectivity index (χ4n) is 3.04. The number of hydrogen-bond donors (Lipinski definition) is 1. The quantitative estimate of drug-likeness (QED) is 0.534. The number of H-pyrrole nitrogens is 1. The van der Waals surface area contributed by atoms with Gasteiger partial charge in [-0.25, -0.2) is 13.5 Å². The molecule has 1 aromatic heterocycles. The topological polar surface area (TPSA) is 46.1 Å². The van der Waals surface area contributed by atoms with Crippen molar-refractivity contribution in [2.45, 2.75) is 18.2 Å². The van der Waals surface area contributed by atoms with Crippen molar-refractivity contribution >= 4 is 23.8 Å². The van der Waals surface area contributed by atoms with E-state index in [4.69, 9.17) is 28.6 Å². The Balaban J connectivity index is 1.82. The number of nitrogens with one attached hydrogen (secondary N) is 1. The first-order chi connectivity index (χ1) is 12.0. The molecule has 8 heteroatoms. The number of halogens is 3. The van der Waals surface area contributed by atoms with Crippen LogP contribution >= 0.6 is 23.8 Å². The molecule has 0 unspecified atom stereocenters. The first kappa shape index (κ1) is 16.4. The summed E-state index contributed by atoms with van der Waals surface area (Å²) in [7, 11) is 0. The molecule has 1 N–H and O–H groups in total. The molecule has 4 nitrogen and oxygen atoms in total. The Labute approximate surface area is 152 Å². The van der Waals surface area contributed by atoms with Crippen molar-refractivity contribution in [2.75, 3.05) is 0 Å². The summed E-state index contributed by atoms with van der Waals surface area (Å²) in [5, 5.41) is 4.63. The van der Waals surface area contributed by atoms with Gasteiger partial charge in [-0.2, -0.15) is 5.10 Å². The van der Waals surface area contributed by atoms with Gasteiger partial charge in [0.15, 0.2) is 4.77 Å². The van der Waals surface area contributed by atoms with Crippen LogP contribution in [0.4, 0.5) is 8.78 Å². The Hall–Kier alpha value is -2.09. The van der Waals surface area contributed by atoms with Crippen LogP contribution in [0.2, 0.25) is 5.02 Å². The number of nitrogens with zero attached hydrogens (tertiary/aromatic N) is 2. The molecule has 0 spiro atoms. The first-order valence-corrected chi connectivity index (χ1v) is 8.28. The van der Waals surface area contributed by atoms with E-state index in [9.17, 15) is 8.78 Å². The van der Waals surface area contributed by atoms with E-state index in [0.717, 1.165) is 11.6 Å². The molecule has 4 rings (SSSR count). The molecule has 0 radical (unpaired) electrons. The molecule has 0 amide bonds. The van der Waals surface area contributed by atoms with Crippen molar-refractivity contribution in [3.05, 3.63) is 81.3 Å². The summed E-state index contributed by atoms with van der Waals surface area (Å²) >= 11 is 11.4. The Morgan fingerprint density at radius 2 is 2.08 bits per heavy atom. The van der Waals surface area contributed by atoms with Crippen molar-refractivity contribution < 1.29 is 13.5 Å². The zero-order chi connectivity index (χ0) is 17.6. The van der Waals surface area contributed by atoms with Gasteiger partial charge < -0.3 is 9.72 Å². The van der Waals surface area contributed by atoms with Crippen LogP contribution < -0.4 is 0 Å². The number of benzene rings is 2. The second kappa shape index (κ2) is 6.01. The summed E-state index contributed by atoms with van der Waals surface area (Å²) in [6.45, 7) is 0.174. The molecule has 0 aliphatic carbocycles. The second-order valence-electron chi connectivity index (χ2n) is 5.78. The van der Waals surface area contributed by atoms with E-state index in [2.05, 4.69) is 10.1 Å². The number of epoxide rings is 1. The highest BCUT2D eigenvalue weighted by Gasteiger charge is 2.60. The molecule has 1 fully saturated rings. The number of hydrogen-bond acceptors (Lipinski definition) is 3. The smallest absolute Gasteiger partial charge is 0.195 e. The van der Waals surface area contributed by atoms with Crippen LogP contribution in [-0.4, -0.2) is 14.8 Å². The number of aromatic nitrogens is 3. The van der Waals surface area contributed by atoms with Crippen LogP contribution in [0, 0.1) is 16.4 Å². The molecule has 1 aliphatic rings. The Morgan fingerprint density at radius 1 is 1.28 bits per heavy atom. The van der Waals surface area contributed by atoms with E-state index < -0.39 is 23.3 Å². The largest absolute Gasteiger partial charge is 0.354 e. The summed E-state index contributed by atoms with van der Waals surface area (Å²) in [6.07, 6.45) is 0.962. The third kappa shape index (κ3) is 2.78. The fourth-order valence-corrected chi connectivity index (χ4v) is 3.44. The highest BCUT2D eigenvalue weighted by atomic mass is 35.5. The number of aromatic amines is 1. The van der Waals surface area contributed by atoms with E-state index in [1.165, 1.54) is 23.1 Å². The molecule has 25 heavy (non-hydrogen) atoms. The highest BCUT2D eigenvalue weighted by molar-refractivity contribution is 7.71. The molecule has 2 aromatic carbocycles. The van der Waals surface area contributed by atoms with Crippen LogP contribution in [-0.2, 0) is 16.9 Å². The summed E-state index contributed by atoms with van der Waals surface area (Å²) in [5.41, 5.74) is -0.0883. The average molecular weight is 380 g/mol. The highest BCUT2D eigenvalue weighted by Crippen LogP contribution is 2.59. The maximum atomic E-state index is 14.5. The van der Waals surface area contributed by atoms with Crippen molar-refractivity contribution in [3.63, 3.8) is 0 Å². The summed E-state index contributed by atoms with van der Waals surface area (Å²) in [5.74, 6) is -1.33. The van der Waals surface area contributed by atoms with Crippen molar-refractivity contribution in [2.24, 2.45) is 0 Å². The lowest BCUT2D eigenvalue weighted by atomic mass is 9.91. The minimum Gasteiger partial charge on any atom is -0.354 e. The van der Waals surface area contributed by atoms with Crippen molar-refractivity contribution in [1.82, 2.24) is 14.8 Å². The lowest BCUT2D eigenvalue weighted by molar-refractivity contribution is 0.255. The molecule has 1 aliphatic heterocycles. The normalized spacial score (nSPS) is 22.1. The van der Waals surface area contributed by atoms with E-state index in [0.29, 0.717) is 9.79 Å². The van der Waals surface area contributed by atoms with Crippen LogP contribution in [0.25, 0.3) is 0 Å². The van der Waals surface area contributed by atoms with Gasteiger partial charge in [-0.1, -0.05) is 35.9 Å². The van der Waals surface area contributed by atoms with Gasteiger partial charge in [-0.3, -0.25) is 0 Å². The van der Waals surface area contributed by atoms with Gasteiger partial charge in [0.1, 0.15) is 29.7 Å². The van der Waals surface area contributed by atoms with E-state index in [1.807, 2.05) is 12.1 Å². The van der Waals surface area contributed by atoms with E-state index in [-0.39, 0.29) is 12.1 Å². The second-order valence-corrected chi connectivity index (χ2v) is 6.58. The van der Waals surface area contributed by atoms with Gasteiger partial charge >= 0.3 is 0 Å². The minimum atomic E-state index is -1.06. The van der Waals surface area contributed by atoms with Gasteiger partial charge in [0.25, 0.3) is 0 Å². The standard InChI is InChI=1S/C17H12ClF2N3OS/c18-13-4-2-1-3-11(13)15-17(24-15,8-23-16(25)21-9-22-23)12-6-5-10(19)7-14(12)20/h1-7,9,15H,8H2,(H,21,22,25)/t15-,17+/m0/s1. The van der Waals surface area contributed by atoms with Gasteiger partial charge in [-0.15, -0.1) is 0 Å². The van der Waals surface area contributed by atoms with Crippen LogP contribution in [0.1, 0.15) is 17.2 Å². The Kier molecular flexibility index (Phi) is 3.94. The molecule has 2 atom stereocenters. The first-order valence-electron chi connectivity index (χ1n) is 7.49. The maximum absolute atomic E-state index is 14.5. The Bertz CT molecular complexity index is 1010. The van der Waals surface area contributed by atoms with Gasteiger partial charge in [0.05, 0.1) is 6.54 Å². The summed E-state index contributed by atoms with van der Waals surface area (Å²) in [4.78, 5) is 2.79. The monoisotopic (exact) mass is 379 g/mol. The lowest BCUT2D eigenvalue weighted by Gasteiger charge is -2.15. The van der Waals surface area contributed by atoms with Gasteiger partial charge in [-0.05, 0) is 24.4 Å².